The molecule has 0 atom stereocenters. The summed E-state index contributed by atoms with van der Waals surface area (Å²) in [6.07, 6.45) is 3.74. The molecule has 0 saturated carbocycles. The molecule has 2 rings (SSSR count). The summed E-state index contributed by atoms with van der Waals surface area (Å²) in [7, 11) is 0. The zero-order chi connectivity index (χ0) is 13.0. The van der Waals surface area contributed by atoms with Crippen LogP contribution in [0.1, 0.15) is 20.8 Å². The Morgan fingerprint density at radius 2 is 2.00 bits per heavy atom. The molecule has 0 unspecified atom stereocenters. The third kappa shape index (κ3) is 3.67. The average Bonchev–Trinajstić information content (AvgIpc) is 2.69. The van der Waals surface area contributed by atoms with Crippen LogP contribution in [0.2, 0.25) is 0 Å². The number of allylic oxidation sites excluding steroid dienone is 1. The van der Waals surface area contributed by atoms with Gasteiger partial charge in [-0.2, -0.15) is 0 Å². The molecule has 1 heterocycles. The number of nitrogens with zero attached hydrogens (tertiary/aromatic N) is 2. The van der Waals surface area contributed by atoms with E-state index in [-0.39, 0.29) is 5.41 Å². The Kier molecular flexibility index (Phi) is 3.77. The van der Waals surface area contributed by atoms with Crippen LogP contribution in [0.4, 0.5) is 5.00 Å². The molecule has 0 amide bonds. The van der Waals surface area contributed by atoms with Crippen LogP contribution in [-0.2, 0) is 0 Å². The highest BCUT2D eigenvalue weighted by Gasteiger charge is 2.02. The van der Waals surface area contributed by atoms with Gasteiger partial charge in [-0.05, 0) is 22.9 Å². The minimum Gasteiger partial charge on any atom is -0.250 e. The van der Waals surface area contributed by atoms with Gasteiger partial charge in [0, 0.05) is 10.9 Å². The van der Waals surface area contributed by atoms with E-state index in [4.69, 9.17) is 0 Å². The van der Waals surface area contributed by atoms with E-state index >= 15 is 0 Å². The lowest BCUT2D eigenvalue weighted by Crippen LogP contribution is -1.97. The zero-order valence-electron chi connectivity index (χ0n) is 10.8. The summed E-state index contributed by atoms with van der Waals surface area (Å²) >= 11 is 1.67. The number of benzene rings is 1. The van der Waals surface area contributed by atoms with Gasteiger partial charge < -0.3 is 0 Å². The van der Waals surface area contributed by atoms with Crippen molar-refractivity contribution in [2.75, 3.05) is 5.43 Å². The van der Waals surface area contributed by atoms with Crippen LogP contribution < -0.4 is 5.43 Å². The second-order valence-electron chi connectivity index (χ2n) is 5.16. The first-order chi connectivity index (χ1) is 8.54. The fourth-order valence-electron chi connectivity index (χ4n) is 1.41. The standard InChI is InChI=1S/C14H17N3S/c1-14(2,3)8-9-15-17-16-13-10-11-6-4-5-7-12(11)18-13/h4-10H,1-3H3,(H,15,16)/b9-8+. The number of fused-ring (bicyclic) bond motifs is 1. The quantitative estimate of drug-likeness (QED) is 0.594. The van der Waals surface area contributed by atoms with E-state index in [1.807, 2.05) is 18.2 Å². The van der Waals surface area contributed by atoms with Gasteiger partial charge in [-0.25, -0.2) is 5.43 Å². The summed E-state index contributed by atoms with van der Waals surface area (Å²) in [5.41, 5.74) is 3.08. The third-order valence-electron chi connectivity index (χ3n) is 2.28. The van der Waals surface area contributed by atoms with Gasteiger partial charge in [-0.15, -0.1) is 16.5 Å². The molecule has 3 nitrogen and oxygen atoms in total. The molecular weight excluding hydrogens is 242 g/mol. The van der Waals surface area contributed by atoms with Crippen molar-refractivity contribution in [2.45, 2.75) is 20.8 Å². The maximum atomic E-state index is 3.96. The Labute approximate surface area is 111 Å². The zero-order valence-corrected chi connectivity index (χ0v) is 11.7. The minimum absolute atomic E-state index is 0.136. The lowest BCUT2D eigenvalue weighted by molar-refractivity contribution is 0.542. The number of hydrogen-bond donors (Lipinski definition) is 1. The predicted octanol–water partition coefficient (Wildman–Crippen LogP) is 5.24. The van der Waals surface area contributed by atoms with E-state index in [0.29, 0.717) is 0 Å². The van der Waals surface area contributed by atoms with Crippen molar-refractivity contribution >= 4 is 26.4 Å². The second-order valence-corrected chi connectivity index (χ2v) is 6.24. The van der Waals surface area contributed by atoms with Crippen LogP contribution in [0, 0.1) is 5.41 Å². The fraction of sp³-hybridized carbons (Fsp3) is 0.286. The van der Waals surface area contributed by atoms with E-state index in [9.17, 15) is 0 Å². The molecule has 0 aliphatic carbocycles. The molecule has 0 radical (unpaired) electrons. The van der Waals surface area contributed by atoms with Crippen LogP contribution in [-0.4, -0.2) is 0 Å². The Bertz CT molecular complexity index is 543. The molecule has 1 aromatic carbocycles. The lowest BCUT2D eigenvalue weighted by atomic mass is 9.97. The first kappa shape index (κ1) is 12.8. The smallest absolute Gasteiger partial charge is 0.112 e. The molecule has 0 aliphatic heterocycles. The maximum absolute atomic E-state index is 3.96. The molecule has 18 heavy (non-hydrogen) atoms. The number of thiophene rings is 1. The average molecular weight is 259 g/mol. The van der Waals surface area contributed by atoms with Gasteiger partial charge in [0.2, 0.25) is 0 Å². The Balaban J connectivity index is 1.98. The number of hydrogen-bond acceptors (Lipinski definition) is 3. The van der Waals surface area contributed by atoms with Gasteiger partial charge >= 0.3 is 0 Å². The largest absolute Gasteiger partial charge is 0.250 e. The predicted molar refractivity (Wildman–Crippen MR) is 78.9 cm³/mol. The summed E-state index contributed by atoms with van der Waals surface area (Å²) in [5.74, 6) is 0. The molecule has 0 spiro atoms. The van der Waals surface area contributed by atoms with Crippen molar-refractivity contribution < 1.29 is 0 Å². The third-order valence-corrected chi connectivity index (χ3v) is 3.31. The second kappa shape index (κ2) is 5.31. The van der Waals surface area contributed by atoms with Crippen LogP contribution in [0.5, 0.6) is 0 Å². The highest BCUT2D eigenvalue weighted by Crippen LogP contribution is 2.29. The molecule has 0 fully saturated rings. The summed E-state index contributed by atoms with van der Waals surface area (Å²) in [6, 6.07) is 10.3. The van der Waals surface area contributed by atoms with Crippen molar-refractivity contribution in [3.63, 3.8) is 0 Å². The van der Waals surface area contributed by atoms with Crippen LogP contribution in [0.15, 0.2) is 52.9 Å². The van der Waals surface area contributed by atoms with E-state index < -0.39 is 0 Å². The van der Waals surface area contributed by atoms with Crippen LogP contribution in [0.3, 0.4) is 0 Å². The number of anilines is 1. The highest BCUT2D eigenvalue weighted by molar-refractivity contribution is 7.22. The van der Waals surface area contributed by atoms with Gasteiger partial charge in [0.15, 0.2) is 0 Å². The summed E-state index contributed by atoms with van der Waals surface area (Å²) in [4.78, 5) is 0. The van der Waals surface area contributed by atoms with E-state index in [1.54, 1.807) is 17.5 Å². The molecule has 94 valence electrons. The Morgan fingerprint density at radius 1 is 1.22 bits per heavy atom. The van der Waals surface area contributed by atoms with Gasteiger partial charge in [0.25, 0.3) is 0 Å². The molecule has 0 saturated heterocycles. The van der Waals surface area contributed by atoms with Crippen molar-refractivity contribution in [3.8, 4) is 0 Å². The lowest BCUT2D eigenvalue weighted by Gasteiger charge is -2.09. The molecule has 0 aliphatic rings. The van der Waals surface area contributed by atoms with Gasteiger partial charge in [0.05, 0.1) is 0 Å². The van der Waals surface area contributed by atoms with Crippen molar-refractivity contribution in [1.82, 2.24) is 0 Å². The molecule has 0 bridgehead atoms. The van der Waals surface area contributed by atoms with E-state index in [1.165, 1.54) is 10.1 Å². The normalized spacial score (nSPS) is 12.8. The first-order valence-corrected chi connectivity index (χ1v) is 6.68. The summed E-state index contributed by atoms with van der Waals surface area (Å²) in [5, 5.41) is 10.1. The fourth-order valence-corrected chi connectivity index (χ4v) is 2.31. The number of rotatable bonds is 3. The number of nitrogens with one attached hydrogen (secondary N) is 1. The SMILES string of the molecule is CC(C)(C)/C=C/N=NNc1cc2ccccc2s1. The van der Waals surface area contributed by atoms with Crippen molar-refractivity contribution in [3.05, 3.63) is 42.6 Å². The molecule has 4 heteroatoms. The van der Waals surface area contributed by atoms with E-state index in [0.717, 1.165) is 5.00 Å². The van der Waals surface area contributed by atoms with Gasteiger partial charge in [-0.3, -0.25) is 0 Å². The van der Waals surface area contributed by atoms with E-state index in [2.05, 4.69) is 54.7 Å². The molecule has 2 aromatic rings. The van der Waals surface area contributed by atoms with Crippen molar-refractivity contribution in [1.29, 1.82) is 0 Å². The minimum atomic E-state index is 0.136. The maximum Gasteiger partial charge on any atom is 0.112 e. The van der Waals surface area contributed by atoms with Crippen LogP contribution >= 0.6 is 11.3 Å². The first-order valence-electron chi connectivity index (χ1n) is 5.87. The van der Waals surface area contributed by atoms with Gasteiger partial charge in [0.1, 0.15) is 5.00 Å². The summed E-state index contributed by atoms with van der Waals surface area (Å²) < 4.78 is 1.25. The molecular formula is C14H17N3S. The highest BCUT2D eigenvalue weighted by atomic mass is 32.1. The van der Waals surface area contributed by atoms with Crippen molar-refractivity contribution in [2.24, 2.45) is 15.8 Å². The topological polar surface area (TPSA) is 36.8 Å². The monoisotopic (exact) mass is 259 g/mol. The Hall–Kier alpha value is -1.68. The summed E-state index contributed by atoms with van der Waals surface area (Å²) in [6.45, 7) is 6.37. The molecule has 1 aromatic heterocycles. The molecule has 1 N–H and O–H groups in total. The Morgan fingerprint density at radius 3 is 2.72 bits per heavy atom. The van der Waals surface area contributed by atoms with Crippen LogP contribution in [0.25, 0.3) is 10.1 Å². The van der Waals surface area contributed by atoms with Gasteiger partial charge in [-0.1, -0.05) is 50.3 Å².